The van der Waals surface area contributed by atoms with Crippen molar-refractivity contribution in [1.82, 2.24) is 4.90 Å². The maximum Gasteiger partial charge on any atom is 0.264 e. The molecule has 1 aromatic rings. The molecule has 1 aromatic carbocycles. The van der Waals surface area contributed by atoms with Crippen molar-refractivity contribution in [2.24, 2.45) is 0 Å². The summed E-state index contributed by atoms with van der Waals surface area (Å²) in [5.41, 5.74) is 0.906. The van der Waals surface area contributed by atoms with E-state index < -0.39 is 0 Å². The number of nitrogens with zero attached hydrogens (tertiary/aromatic N) is 2. The van der Waals surface area contributed by atoms with Crippen molar-refractivity contribution in [3.8, 4) is 17.6 Å². The van der Waals surface area contributed by atoms with Gasteiger partial charge in [-0.25, -0.2) is 0 Å². The highest BCUT2D eigenvalue weighted by Crippen LogP contribution is 2.30. The lowest BCUT2D eigenvalue weighted by Gasteiger charge is -2.17. The van der Waals surface area contributed by atoms with Crippen LogP contribution in [0.2, 0.25) is 0 Å². The van der Waals surface area contributed by atoms with Crippen molar-refractivity contribution in [2.75, 3.05) is 19.7 Å². The fourth-order valence-corrected chi connectivity index (χ4v) is 2.68. The molecule has 0 bridgehead atoms. The van der Waals surface area contributed by atoms with Crippen molar-refractivity contribution >= 4 is 12.0 Å². The number of likely N-dealkylation sites (tertiary alicyclic amines) is 1. The molecule has 0 aliphatic carbocycles. The molecular weight excluding hydrogens is 316 g/mol. The topological polar surface area (TPSA) is 62.6 Å². The molecule has 134 valence electrons. The number of amides is 1. The van der Waals surface area contributed by atoms with Crippen molar-refractivity contribution < 1.29 is 14.3 Å². The smallest absolute Gasteiger partial charge is 0.264 e. The summed E-state index contributed by atoms with van der Waals surface area (Å²) in [6.07, 6.45) is 4.61. The maximum absolute atomic E-state index is 12.4. The predicted octanol–water partition coefficient (Wildman–Crippen LogP) is 3.79. The van der Waals surface area contributed by atoms with Crippen LogP contribution in [-0.4, -0.2) is 36.6 Å². The van der Waals surface area contributed by atoms with E-state index in [1.54, 1.807) is 11.0 Å². The number of carbonyl (C=O) groups is 1. The highest BCUT2D eigenvalue weighted by Gasteiger charge is 2.21. The van der Waals surface area contributed by atoms with E-state index in [0.29, 0.717) is 18.1 Å². The Morgan fingerprint density at radius 1 is 1.32 bits per heavy atom. The van der Waals surface area contributed by atoms with Gasteiger partial charge in [-0.3, -0.25) is 4.79 Å². The van der Waals surface area contributed by atoms with E-state index in [9.17, 15) is 10.1 Å². The van der Waals surface area contributed by atoms with Crippen LogP contribution in [0.25, 0.3) is 6.08 Å². The largest absolute Gasteiger partial charge is 0.490 e. The zero-order chi connectivity index (χ0) is 18.2. The maximum atomic E-state index is 12.4. The third-order valence-electron chi connectivity index (χ3n) is 4.23. The Kier molecular flexibility index (Phi) is 6.88. The van der Waals surface area contributed by atoms with E-state index in [1.807, 2.05) is 38.1 Å². The number of rotatable bonds is 7. The molecule has 0 spiro atoms. The Bertz CT molecular complexity index is 670. The molecule has 1 saturated heterocycles. The fraction of sp³-hybridized carbons (Fsp3) is 0.500. The Hall–Kier alpha value is -2.48. The van der Waals surface area contributed by atoms with Gasteiger partial charge in [-0.15, -0.1) is 0 Å². The molecule has 1 atom stereocenters. The van der Waals surface area contributed by atoms with Gasteiger partial charge in [-0.2, -0.15) is 5.26 Å². The van der Waals surface area contributed by atoms with E-state index in [4.69, 9.17) is 9.47 Å². The molecule has 1 amide bonds. The summed E-state index contributed by atoms with van der Waals surface area (Å²) >= 11 is 0. The molecule has 1 fully saturated rings. The molecule has 0 unspecified atom stereocenters. The molecule has 2 rings (SSSR count). The molecular formula is C20H26N2O3. The van der Waals surface area contributed by atoms with E-state index in [-0.39, 0.29) is 17.6 Å². The quantitative estimate of drug-likeness (QED) is 0.559. The van der Waals surface area contributed by atoms with E-state index >= 15 is 0 Å². The van der Waals surface area contributed by atoms with Crippen molar-refractivity contribution in [1.29, 1.82) is 5.26 Å². The third-order valence-corrected chi connectivity index (χ3v) is 4.23. The summed E-state index contributed by atoms with van der Waals surface area (Å²) in [7, 11) is 0. The third kappa shape index (κ3) is 4.99. The van der Waals surface area contributed by atoms with E-state index in [2.05, 4.69) is 6.92 Å². The van der Waals surface area contributed by atoms with Gasteiger partial charge in [0.1, 0.15) is 11.6 Å². The lowest BCUT2D eigenvalue weighted by Crippen LogP contribution is -2.28. The molecule has 1 aliphatic heterocycles. The molecule has 1 heterocycles. The summed E-state index contributed by atoms with van der Waals surface area (Å²) in [4.78, 5) is 14.2. The fourth-order valence-electron chi connectivity index (χ4n) is 2.68. The molecule has 1 aliphatic rings. The molecule has 0 radical (unpaired) electrons. The van der Waals surface area contributed by atoms with Crippen molar-refractivity contribution in [3.63, 3.8) is 0 Å². The van der Waals surface area contributed by atoms with Gasteiger partial charge >= 0.3 is 0 Å². The lowest BCUT2D eigenvalue weighted by molar-refractivity contribution is -0.125. The van der Waals surface area contributed by atoms with Crippen LogP contribution < -0.4 is 9.47 Å². The lowest BCUT2D eigenvalue weighted by atomic mass is 10.1. The summed E-state index contributed by atoms with van der Waals surface area (Å²) in [6, 6.07) is 7.52. The average Bonchev–Trinajstić information content (AvgIpc) is 3.15. The molecule has 0 N–H and O–H groups in total. The Labute approximate surface area is 149 Å². The van der Waals surface area contributed by atoms with Crippen LogP contribution in [0.15, 0.2) is 23.8 Å². The number of nitriles is 1. The Morgan fingerprint density at radius 3 is 2.64 bits per heavy atom. The van der Waals surface area contributed by atoms with Gasteiger partial charge in [0.05, 0.1) is 12.7 Å². The zero-order valence-corrected chi connectivity index (χ0v) is 15.2. The Balaban J connectivity index is 2.26. The van der Waals surface area contributed by atoms with E-state index in [1.165, 1.54) is 0 Å². The summed E-state index contributed by atoms with van der Waals surface area (Å²) in [5.74, 6) is 1.11. The molecule has 0 saturated carbocycles. The molecule has 0 aromatic heterocycles. The minimum Gasteiger partial charge on any atom is -0.490 e. The van der Waals surface area contributed by atoms with Gasteiger partial charge in [0, 0.05) is 13.1 Å². The van der Waals surface area contributed by atoms with Crippen LogP contribution in [0.4, 0.5) is 0 Å². The summed E-state index contributed by atoms with van der Waals surface area (Å²) < 4.78 is 11.5. The Morgan fingerprint density at radius 2 is 2.04 bits per heavy atom. The second-order valence-corrected chi connectivity index (χ2v) is 6.15. The SMILES string of the molecule is CCOc1cc(/C=C(\C#N)C(=O)N2CCCC2)ccc1O[C@@H](C)CC. The number of benzene rings is 1. The van der Waals surface area contributed by atoms with Crippen molar-refractivity contribution in [2.45, 2.75) is 46.1 Å². The molecule has 5 heteroatoms. The number of ether oxygens (including phenoxy) is 2. The summed E-state index contributed by atoms with van der Waals surface area (Å²) in [5, 5.41) is 9.37. The zero-order valence-electron chi connectivity index (χ0n) is 15.2. The van der Waals surface area contributed by atoms with Crippen LogP contribution in [-0.2, 0) is 4.79 Å². The normalized spacial score (nSPS) is 15.6. The second kappa shape index (κ2) is 9.12. The highest BCUT2D eigenvalue weighted by atomic mass is 16.5. The highest BCUT2D eigenvalue weighted by molar-refractivity contribution is 6.01. The van der Waals surface area contributed by atoms with Crippen LogP contribution >= 0.6 is 0 Å². The minimum atomic E-state index is -0.196. The number of carbonyl (C=O) groups excluding carboxylic acids is 1. The van der Waals surface area contributed by atoms with Crippen LogP contribution in [0.5, 0.6) is 11.5 Å². The standard InChI is InChI=1S/C20H26N2O3/c1-4-15(3)25-18-9-8-16(13-19(18)24-5-2)12-17(14-21)20(23)22-10-6-7-11-22/h8-9,12-13,15H,4-7,10-11H2,1-3H3/b17-12+/t15-/m0/s1. The van der Waals surface area contributed by atoms with Gasteiger partial charge < -0.3 is 14.4 Å². The van der Waals surface area contributed by atoms with Gasteiger partial charge in [-0.05, 0) is 56.9 Å². The second-order valence-electron chi connectivity index (χ2n) is 6.15. The number of hydrogen-bond acceptors (Lipinski definition) is 4. The van der Waals surface area contributed by atoms with Crippen LogP contribution in [0.3, 0.4) is 0 Å². The van der Waals surface area contributed by atoms with Gasteiger partial charge in [-0.1, -0.05) is 13.0 Å². The van der Waals surface area contributed by atoms with Crippen LogP contribution in [0.1, 0.15) is 45.6 Å². The van der Waals surface area contributed by atoms with E-state index in [0.717, 1.165) is 37.9 Å². The first-order valence-electron chi connectivity index (χ1n) is 8.93. The molecule has 5 nitrogen and oxygen atoms in total. The molecule has 25 heavy (non-hydrogen) atoms. The number of hydrogen-bond donors (Lipinski definition) is 0. The van der Waals surface area contributed by atoms with Crippen molar-refractivity contribution in [3.05, 3.63) is 29.3 Å². The van der Waals surface area contributed by atoms with Crippen LogP contribution in [0, 0.1) is 11.3 Å². The van der Waals surface area contributed by atoms with Gasteiger partial charge in [0.25, 0.3) is 5.91 Å². The first-order valence-corrected chi connectivity index (χ1v) is 8.93. The minimum absolute atomic E-state index is 0.0898. The predicted molar refractivity (Wildman–Crippen MR) is 97.4 cm³/mol. The van der Waals surface area contributed by atoms with Gasteiger partial charge in [0.15, 0.2) is 11.5 Å². The first-order chi connectivity index (χ1) is 12.1. The average molecular weight is 342 g/mol. The monoisotopic (exact) mass is 342 g/mol. The van der Waals surface area contributed by atoms with Gasteiger partial charge in [0.2, 0.25) is 0 Å². The first kappa shape index (κ1) is 18.9. The summed E-state index contributed by atoms with van der Waals surface area (Å²) in [6.45, 7) is 7.94.